The van der Waals surface area contributed by atoms with Gasteiger partial charge in [-0.3, -0.25) is 9.80 Å². The normalized spacial score (nSPS) is 33.0. The first kappa shape index (κ1) is 12.9. The van der Waals surface area contributed by atoms with E-state index in [0.717, 1.165) is 25.8 Å². The molecule has 3 fully saturated rings. The summed E-state index contributed by atoms with van der Waals surface area (Å²) < 4.78 is 5.53. The Hall–Kier alpha value is -0.160. The van der Waals surface area contributed by atoms with Crippen molar-refractivity contribution in [3.8, 4) is 0 Å². The van der Waals surface area contributed by atoms with Crippen molar-refractivity contribution >= 4 is 0 Å². The van der Waals surface area contributed by atoms with Gasteiger partial charge >= 0.3 is 0 Å². The van der Waals surface area contributed by atoms with Gasteiger partial charge in [-0.15, -0.1) is 0 Å². The van der Waals surface area contributed by atoms with Crippen molar-refractivity contribution in [2.24, 2.45) is 0 Å². The summed E-state index contributed by atoms with van der Waals surface area (Å²) in [6, 6.07) is 1.46. The molecule has 3 rings (SSSR count). The summed E-state index contributed by atoms with van der Waals surface area (Å²) in [5.41, 5.74) is 0. The van der Waals surface area contributed by atoms with E-state index < -0.39 is 0 Å². The van der Waals surface area contributed by atoms with E-state index in [1.165, 1.54) is 58.4 Å². The third kappa shape index (κ3) is 3.23. The average Bonchev–Trinajstić information content (AvgIpc) is 2.95. The Morgan fingerprint density at radius 3 is 2.50 bits per heavy atom. The Labute approximate surface area is 111 Å². The van der Waals surface area contributed by atoms with Crippen molar-refractivity contribution in [3.05, 3.63) is 0 Å². The van der Waals surface area contributed by atoms with Crippen molar-refractivity contribution in [1.29, 1.82) is 0 Å². The van der Waals surface area contributed by atoms with Crippen LogP contribution in [-0.4, -0.2) is 74.4 Å². The second-order valence-electron chi connectivity index (χ2n) is 6.00. The molecule has 3 aliphatic rings. The Morgan fingerprint density at radius 1 is 1.06 bits per heavy atom. The molecule has 0 radical (unpaired) electrons. The van der Waals surface area contributed by atoms with E-state index in [9.17, 15) is 0 Å². The third-order valence-electron chi connectivity index (χ3n) is 4.73. The van der Waals surface area contributed by atoms with Gasteiger partial charge in [0.05, 0.1) is 13.2 Å². The summed E-state index contributed by atoms with van der Waals surface area (Å²) >= 11 is 0. The zero-order valence-corrected chi connectivity index (χ0v) is 11.4. The van der Waals surface area contributed by atoms with E-state index in [2.05, 4.69) is 15.1 Å². The van der Waals surface area contributed by atoms with Crippen LogP contribution >= 0.6 is 0 Å². The molecule has 4 heteroatoms. The van der Waals surface area contributed by atoms with E-state index >= 15 is 0 Å². The van der Waals surface area contributed by atoms with Crippen molar-refractivity contribution < 1.29 is 4.74 Å². The number of morpholine rings is 1. The predicted molar refractivity (Wildman–Crippen MR) is 72.9 cm³/mol. The van der Waals surface area contributed by atoms with Gasteiger partial charge in [0.2, 0.25) is 0 Å². The lowest BCUT2D eigenvalue weighted by atomic mass is 10.1. The maximum atomic E-state index is 5.53. The minimum Gasteiger partial charge on any atom is -0.378 e. The van der Waals surface area contributed by atoms with Crippen LogP contribution in [0.4, 0.5) is 0 Å². The average molecular weight is 253 g/mol. The highest BCUT2D eigenvalue weighted by molar-refractivity contribution is 4.84. The zero-order chi connectivity index (χ0) is 12.2. The molecule has 1 saturated carbocycles. The molecule has 0 amide bonds. The molecule has 1 atom stereocenters. The van der Waals surface area contributed by atoms with Gasteiger partial charge in [0.15, 0.2) is 0 Å². The lowest BCUT2D eigenvalue weighted by molar-refractivity contribution is 0.0440. The number of nitrogens with one attached hydrogen (secondary N) is 1. The lowest BCUT2D eigenvalue weighted by Crippen LogP contribution is -2.54. The molecule has 2 saturated heterocycles. The quantitative estimate of drug-likeness (QED) is 0.794. The molecule has 2 heterocycles. The smallest absolute Gasteiger partial charge is 0.0632 e. The molecule has 0 aromatic heterocycles. The molecule has 1 N–H and O–H groups in total. The number of nitrogens with zero attached hydrogens (tertiary/aromatic N) is 2. The van der Waals surface area contributed by atoms with Gasteiger partial charge in [0, 0.05) is 51.4 Å². The first-order chi connectivity index (χ1) is 8.92. The molecule has 104 valence electrons. The maximum Gasteiger partial charge on any atom is 0.0632 e. The number of hydrogen-bond donors (Lipinski definition) is 1. The van der Waals surface area contributed by atoms with Crippen LogP contribution in [0.5, 0.6) is 0 Å². The van der Waals surface area contributed by atoms with E-state index in [1.807, 2.05) is 0 Å². The Morgan fingerprint density at radius 2 is 1.83 bits per heavy atom. The second-order valence-corrected chi connectivity index (χ2v) is 6.00. The van der Waals surface area contributed by atoms with E-state index in [-0.39, 0.29) is 0 Å². The van der Waals surface area contributed by atoms with Gasteiger partial charge in [-0.1, -0.05) is 12.8 Å². The molecular formula is C14H27N3O. The zero-order valence-electron chi connectivity index (χ0n) is 11.4. The van der Waals surface area contributed by atoms with Crippen molar-refractivity contribution in [1.82, 2.24) is 15.1 Å². The fourth-order valence-corrected chi connectivity index (χ4v) is 3.63. The largest absolute Gasteiger partial charge is 0.378 e. The summed E-state index contributed by atoms with van der Waals surface area (Å²) in [4.78, 5) is 5.34. The topological polar surface area (TPSA) is 27.7 Å². The van der Waals surface area contributed by atoms with Gasteiger partial charge in [-0.2, -0.15) is 0 Å². The Bertz CT molecular complexity index is 241. The SMILES string of the molecule is C1CCC(N2CCN(CC3COCCN3)CC2)C1. The fraction of sp³-hybridized carbons (Fsp3) is 1.00. The third-order valence-corrected chi connectivity index (χ3v) is 4.73. The molecule has 2 aliphatic heterocycles. The van der Waals surface area contributed by atoms with E-state index in [0.29, 0.717) is 6.04 Å². The summed E-state index contributed by atoms with van der Waals surface area (Å²) in [5.74, 6) is 0. The van der Waals surface area contributed by atoms with Crippen LogP contribution in [0.1, 0.15) is 25.7 Å². The minimum atomic E-state index is 0.553. The number of piperazine rings is 1. The van der Waals surface area contributed by atoms with Crippen LogP contribution in [0.15, 0.2) is 0 Å². The van der Waals surface area contributed by atoms with Crippen LogP contribution in [0.2, 0.25) is 0 Å². The van der Waals surface area contributed by atoms with Crippen LogP contribution in [0.3, 0.4) is 0 Å². The number of hydrogen-bond acceptors (Lipinski definition) is 4. The van der Waals surface area contributed by atoms with Gasteiger partial charge in [0.25, 0.3) is 0 Å². The standard InChI is InChI=1S/C14H27N3O/c1-2-4-14(3-1)17-8-6-16(7-9-17)11-13-12-18-10-5-15-13/h13-15H,1-12H2. The summed E-state index contributed by atoms with van der Waals surface area (Å²) in [7, 11) is 0. The fourth-order valence-electron chi connectivity index (χ4n) is 3.63. The van der Waals surface area contributed by atoms with Gasteiger partial charge in [0.1, 0.15) is 0 Å². The monoisotopic (exact) mass is 253 g/mol. The van der Waals surface area contributed by atoms with Crippen LogP contribution in [0, 0.1) is 0 Å². The van der Waals surface area contributed by atoms with E-state index in [4.69, 9.17) is 4.74 Å². The molecule has 1 aliphatic carbocycles. The lowest BCUT2D eigenvalue weighted by Gasteiger charge is -2.39. The molecule has 0 aromatic rings. The Kier molecular flexibility index (Phi) is 4.52. The number of rotatable bonds is 3. The molecular weight excluding hydrogens is 226 g/mol. The highest BCUT2D eigenvalue weighted by Gasteiger charge is 2.27. The predicted octanol–water partition coefficient (Wildman–Crippen LogP) is 0.535. The molecule has 0 aromatic carbocycles. The van der Waals surface area contributed by atoms with Gasteiger partial charge in [-0.05, 0) is 12.8 Å². The van der Waals surface area contributed by atoms with Crippen molar-refractivity contribution in [3.63, 3.8) is 0 Å². The minimum absolute atomic E-state index is 0.553. The number of ether oxygens (including phenoxy) is 1. The maximum absolute atomic E-state index is 5.53. The van der Waals surface area contributed by atoms with Crippen LogP contribution in [0.25, 0.3) is 0 Å². The molecule has 1 unspecified atom stereocenters. The summed E-state index contributed by atoms with van der Waals surface area (Å²) in [5, 5.41) is 3.55. The van der Waals surface area contributed by atoms with Gasteiger partial charge < -0.3 is 10.1 Å². The molecule has 0 bridgehead atoms. The molecule has 0 spiro atoms. The van der Waals surface area contributed by atoms with Crippen molar-refractivity contribution in [2.75, 3.05) is 52.5 Å². The van der Waals surface area contributed by atoms with E-state index in [1.54, 1.807) is 0 Å². The van der Waals surface area contributed by atoms with Crippen molar-refractivity contribution in [2.45, 2.75) is 37.8 Å². The highest BCUT2D eigenvalue weighted by atomic mass is 16.5. The van der Waals surface area contributed by atoms with Crippen LogP contribution < -0.4 is 5.32 Å². The second kappa shape index (κ2) is 6.33. The molecule has 4 nitrogen and oxygen atoms in total. The summed E-state index contributed by atoms with van der Waals surface area (Å²) in [6.07, 6.45) is 5.79. The summed E-state index contributed by atoms with van der Waals surface area (Å²) in [6.45, 7) is 9.00. The first-order valence-electron chi connectivity index (χ1n) is 7.69. The molecule has 18 heavy (non-hydrogen) atoms. The first-order valence-corrected chi connectivity index (χ1v) is 7.69. The van der Waals surface area contributed by atoms with Gasteiger partial charge in [-0.25, -0.2) is 0 Å². The van der Waals surface area contributed by atoms with Crippen LogP contribution in [-0.2, 0) is 4.74 Å². The Balaban J connectivity index is 1.39. The highest BCUT2D eigenvalue weighted by Crippen LogP contribution is 2.24.